The minimum absolute atomic E-state index is 0.0382. The lowest BCUT2D eigenvalue weighted by atomic mass is 9.99. The first kappa shape index (κ1) is 15.3. The molecule has 2 aromatic carbocycles. The van der Waals surface area contributed by atoms with Crippen molar-refractivity contribution in [3.05, 3.63) is 62.8 Å². The third kappa shape index (κ3) is 2.96. The first-order valence-corrected chi connectivity index (χ1v) is 6.99. The third-order valence-electron chi connectivity index (χ3n) is 2.99. The Balaban J connectivity index is 2.44. The Kier molecular flexibility index (Phi) is 4.99. The molecule has 2 rings (SSSR count). The summed E-state index contributed by atoms with van der Waals surface area (Å²) in [4.78, 5) is 0. The van der Waals surface area contributed by atoms with Gasteiger partial charge in [-0.2, -0.15) is 0 Å². The number of rotatable bonds is 4. The summed E-state index contributed by atoms with van der Waals surface area (Å²) in [5.74, 6) is 5.78. The fourth-order valence-corrected chi connectivity index (χ4v) is 2.40. The summed E-state index contributed by atoms with van der Waals surface area (Å²) >= 11 is 9.09. The van der Waals surface area contributed by atoms with E-state index in [4.69, 9.17) is 22.2 Å². The molecule has 0 spiro atoms. The topological polar surface area (TPSA) is 47.3 Å². The molecule has 2 aromatic rings. The molecule has 0 saturated carbocycles. The van der Waals surface area contributed by atoms with Crippen LogP contribution < -0.4 is 16.0 Å². The van der Waals surface area contributed by atoms with E-state index < -0.39 is 11.9 Å². The van der Waals surface area contributed by atoms with E-state index in [9.17, 15) is 4.39 Å². The lowest BCUT2D eigenvalue weighted by Crippen LogP contribution is -2.29. The fourth-order valence-electron chi connectivity index (χ4n) is 1.93. The van der Waals surface area contributed by atoms with E-state index in [1.807, 2.05) is 12.1 Å². The van der Waals surface area contributed by atoms with Crippen LogP contribution in [0.2, 0.25) is 5.02 Å². The van der Waals surface area contributed by atoms with Crippen LogP contribution in [0.5, 0.6) is 5.75 Å². The van der Waals surface area contributed by atoms with Crippen LogP contribution >= 0.6 is 27.5 Å². The highest BCUT2D eigenvalue weighted by atomic mass is 79.9. The number of nitrogens with two attached hydrogens (primary N) is 1. The molecule has 20 heavy (non-hydrogen) atoms. The smallest absolute Gasteiger partial charge is 0.148 e. The maximum Gasteiger partial charge on any atom is 0.148 e. The Labute approximate surface area is 130 Å². The van der Waals surface area contributed by atoms with Crippen LogP contribution in [-0.2, 0) is 0 Å². The number of methoxy groups -OCH3 is 1. The van der Waals surface area contributed by atoms with Gasteiger partial charge >= 0.3 is 0 Å². The highest BCUT2D eigenvalue weighted by Gasteiger charge is 2.19. The molecule has 0 radical (unpaired) electrons. The second-order valence-electron chi connectivity index (χ2n) is 4.14. The lowest BCUT2D eigenvalue weighted by molar-refractivity contribution is 0.414. The van der Waals surface area contributed by atoms with Gasteiger partial charge in [-0.1, -0.05) is 29.8 Å². The van der Waals surface area contributed by atoms with Gasteiger partial charge in [-0.25, -0.2) is 9.82 Å². The van der Waals surface area contributed by atoms with Crippen LogP contribution in [0.1, 0.15) is 17.2 Å². The van der Waals surface area contributed by atoms with Crippen molar-refractivity contribution in [2.24, 2.45) is 5.84 Å². The van der Waals surface area contributed by atoms with Crippen LogP contribution in [-0.4, -0.2) is 7.11 Å². The number of nitrogens with one attached hydrogen (secondary N) is 1. The first-order chi connectivity index (χ1) is 9.58. The van der Waals surface area contributed by atoms with Gasteiger partial charge in [0.05, 0.1) is 18.2 Å². The van der Waals surface area contributed by atoms with Gasteiger partial charge in [0.15, 0.2) is 0 Å². The molecule has 0 saturated heterocycles. The van der Waals surface area contributed by atoms with Crippen LogP contribution in [0, 0.1) is 5.82 Å². The van der Waals surface area contributed by atoms with E-state index in [0.29, 0.717) is 10.0 Å². The van der Waals surface area contributed by atoms with Crippen molar-refractivity contribution in [1.29, 1.82) is 0 Å². The summed E-state index contributed by atoms with van der Waals surface area (Å²) in [5, 5.41) is 0.0382. The monoisotopic (exact) mass is 358 g/mol. The van der Waals surface area contributed by atoms with Crippen molar-refractivity contribution in [2.45, 2.75) is 6.04 Å². The molecule has 106 valence electrons. The van der Waals surface area contributed by atoms with Gasteiger partial charge in [0.1, 0.15) is 11.6 Å². The molecule has 3 N–H and O–H groups in total. The molecule has 0 aliphatic carbocycles. The van der Waals surface area contributed by atoms with Gasteiger partial charge in [0.2, 0.25) is 0 Å². The van der Waals surface area contributed by atoms with Gasteiger partial charge in [-0.15, -0.1) is 0 Å². The van der Waals surface area contributed by atoms with Crippen molar-refractivity contribution in [3.63, 3.8) is 0 Å². The standard InChI is InChI=1S/C14H13BrClFN2O/c1-20-9-4-2-8(3-5-9)14(19-18)10-6-7-11(15)12(16)13(10)17/h2-7,14,19H,18H2,1H3. The summed E-state index contributed by atoms with van der Waals surface area (Å²) in [6.07, 6.45) is 0. The predicted molar refractivity (Wildman–Crippen MR) is 81.3 cm³/mol. The molecule has 0 amide bonds. The Morgan fingerprint density at radius 3 is 2.45 bits per heavy atom. The summed E-state index contributed by atoms with van der Waals surface area (Å²) in [7, 11) is 1.59. The third-order valence-corrected chi connectivity index (χ3v) is 4.25. The Bertz CT molecular complexity index is 607. The maximum atomic E-state index is 14.2. The van der Waals surface area contributed by atoms with Gasteiger partial charge < -0.3 is 4.74 Å². The zero-order valence-corrected chi connectivity index (χ0v) is 13.0. The lowest BCUT2D eigenvalue weighted by Gasteiger charge is -2.18. The summed E-state index contributed by atoms with van der Waals surface area (Å²) in [6, 6.07) is 10.0. The van der Waals surface area contributed by atoms with E-state index in [0.717, 1.165) is 11.3 Å². The molecule has 6 heteroatoms. The number of hydrogen-bond donors (Lipinski definition) is 2. The van der Waals surface area contributed by atoms with E-state index in [-0.39, 0.29) is 5.02 Å². The van der Waals surface area contributed by atoms with Gasteiger partial charge in [0, 0.05) is 10.0 Å². The molecular formula is C14H13BrClFN2O. The minimum Gasteiger partial charge on any atom is -0.497 e. The first-order valence-electron chi connectivity index (χ1n) is 5.82. The van der Waals surface area contributed by atoms with Gasteiger partial charge in [-0.05, 0) is 39.7 Å². The molecule has 0 bridgehead atoms. The average molecular weight is 360 g/mol. The zero-order valence-electron chi connectivity index (χ0n) is 10.7. The highest BCUT2D eigenvalue weighted by Crippen LogP contribution is 2.33. The molecule has 3 nitrogen and oxygen atoms in total. The summed E-state index contributed by atoms with van der Waals surface area (Å²) in [6.45, 7) is 0. The number of benzene rings is 2. The van der Waals surface area contributed by atoms with Crippen LogP contribution in [0.15, 0.2) is 40.9 Å². The van der Waals surface area contributed by atoms with E-state index in [1.54, 1.807) is 31.4 Å². The van der Waals surface area contributed by atoms with Crippen molar-refractivity contribution in [3.8, 4) is 5.75 Å². The van der Waals surface area contributed by atoms with Gasteiger partial charge in [-0.3, -0.25) is 5.84 Å². The van der Waals surface area contributed by atoms with E-state index >= 15 is 0 Å². The van der Waals surface area contributed by atoms with Crippen LogP contribution in [0.25, 0.3) is 0 Å². The number of hydrazine groups is 1. The number of halogens is 3. The minimum atomic E-state index is -0.500. The molecule has 1 unspecified atom stereocenters. The molecular weight excluding hydrogens is 347 g/mol. The van der Waals surface area contributed by atoms with Gasteiger partial charge in [0.25, 0.3) is 0 Å². The SMILES string of the molecule is COc1ccc(C(NN)c2ccc(Br)c(Cl)c2F)cc1. The highest BCUT2D eigenvalue weighted by molar-refractivity contribution is 9.10. The van der Waals surface area contributed by atoms with Crippen molar-refractivity contribution in [1.82, 2.24) is 5.43 Å². The molecule has 1 atom stereocenters. The zero-order chi connectivity index (χ0) is 14.7. The number of ether oxygens (including phenoxy) is 1. The Morgan fingerprint density at radius 2 is 1.90 bits per heavy atom. The second-order valence-corrected chi connectivity index (χ2v) is 5.37. The number of hydrogen-bond acceptors (Lipinski definition) is 3. The second kappa shape index (κ2) is 6.54. The molecule has 0 heterocycles. The molecule has 0 aliphatic rings. The summed E-state index contributed by atoms with van der Waals surface area (Å²) < 4.78 is 19.8. The normalized spacial score (nSPS) is 12.2. The van der Waals surface area contributed by atoms with Crippen molar-refractivity contribution < 1.29 is 9.13 Å². The Morgan fingerprint density at radius 1 is 1.25 bits per heavy atom. The largest absolute Gasteiger partial charge is 0.497 e. The molecule has 0 fully saturated rings. The van der Waals surface area contributed by atoms with E-state index in [1.165, 1.54) is 0 Å². The van der Waals surface area contributed by atoms with Crippen LogP contribution in [0.3, 0.4) is 0 Å². The Hall–Kier alpha value is -1.14. The predicted octanol–water partition coefficient (Wildman–Crippen LogP) is 3.80. The molecule has 0 aromatic heterocycles. The fraction of sp³-hybridized carbons (Fsp3) is 0.143. The maximum absolute atomic E-state index is 14.2. The van der Waals surface area contributed by atoms with Crippen LogP contribution in [0.4, 0.5) is 4.39 Å². The van der Waals surface area contributed by atoms with Crippen molar-refractivity contribution >= 4 is 27.5 Å². The average Bonchev–Trinajstić information content (AvgIpc) is 2.48. The molecule has 0 aliphatic heterocycles. The quantitative estimate of drug-likeness (QED) is 0.496. The van der Waals surface area contributed by atoms with Crippen molar-refractivity contribution in [2.75, 3.05) is 7.11 Å². The summed E-state index contributed by atoms with van der Waals surface area (Å²) in [5.41, 5.74) is 3.80. The van der Waals surface area contributed by atoms with E-state index in [2.05, 4.69) is 21.4 Å².